The molecule has 0 aliphatic rings. The van der Waals surface area contributed by atoms with Gasteiger partial charge in [0.25, 0.3) is 0 Å². The lowest BCUT2D eigenvalue weighted by Crippen LogP contribution is -2.39. The van der Waals surface area contributed by atoms with Crippen LogP contribution in [0.5, 0.6) is 0 Å². The normalized spacial score (nSPS) is 17.5. The summed E-state index contributed by atoms with van der Waals surface area (Å²) in [5.74, 6) is 3.45. The smallest absolute Gasteiger partial charge is 0.0240 e. The molecule has 3 unspecified atom stereocenters. The number of terminal acetylenes is 1. The van der Waals surface area contributed by atoms with E-state index in [4.69, 9.17) is 6.42 Å². The van der Waals surface area contributed by atoms with E-state index in [1.54, 1.807) is 0 Å². The molecule has 0 aromatic heterocycles. The lowest BCUT2D eigenvalue weighted by Gasteiger charge is -2.25. The zero-order valence-electron chi connectivity index (χ0n) is 9.43. The first-order valence-corrected chi connectivity index (χ1v) is 5.35. The van der Waals surface area contributed by atoms with E-state index in [9.17, 15) is 0 Å². The Morgan fingerprint density at radius 1 is 1.23 bits per heavy atom. The molecule has 13 heavy (non-hydrogen) atoms. The summed E-state index contributed by atoms with van der Waals surface area (Å²) in [6, 6.07) is 1.07. The van der Waals surface area contributed by atoms with Crippen LogP contribution in [-0.4, -0.2) is 12.1 Å². The van der Waals surface area contributed by atoms with E-state index in [-0.39, 0.29) is 0 Å². The van der Waals surface area contributed by atoms with E-state index in [2.05, 4.69) is 38.9 Å². The summed E-state index contributed by atoms with van der Waals surface area (Å²) < 4.78 is 0. The van der Waals surface area contributed by atoms with E-state index >= 15 is 0 Å². The average Bonchev–Trinajstić information content (AvgIpc) is 2.15. The molecule has 76 valence electrons. The van der Waals surface area contributed by atoms with E-state index in [1.807, 2.05) is 0 Å². The quantitative estimate of drug-likeness (QED) is 0.621. The molecule has 0 aliphatic heterocycles. The summed E-state index contributed by atoms with van der Waals surface area (Å²) in [7, 11) is 0. The fraction of sp³-hybridized carbons (Fsp3) is 0.833. The second kappa shape index (κ2) is 6.97. The maximum absolute atomic E-state index is 5.30. The Kier molecular flexibility index (Phi) is 6.72. The minimum Gasteiger partial charge on any atom is -0.310 e. The fourth-order valence-corrected chi connectivity index (χ4v) is 1.35. The molecule has 0 heterocycles. The molecule has 1 heteroatoms. The highest BCUT2D eigenvalue weighted by Gasteiger charge is 2.13. The first kappa shape index (κ1) is 12.5. The zero-order valence-corrected chi connectivity index (χ0v) is 9.43. The van der Waals surface area contributed by atoms with Crippen LogP contribution in [0.4, 0.5) is 0 Å². The monoisotopic (exact) mass is 181 g/mol. The molecular formula is C12H23N. The standard InChI is InChI=1S/C12H23N/c1-6-9-12(8-3)13-11(5)10(4)7-2/h1,10-13H,7-9H2,2-5H3. The third kappa shape index (κ3) is 4.95. The fourth-order valence-electron chi connectivity index (χ4n) is 1.35. The first-order valence-electron chi connectivity index (χ1n) is 5.35. The molecular weight excluding hydrogens is 158 g/mol. The maximum atomic E-state index is 5.30. The van der Waals surface area contributed by atoms with Crippen molar-refractivity contribution in [1.82, 2.24) is 5.32 Å². The third-order valence-corrected chi connectivity index (χ3v) is 2.85. The van der Waals surface area contributed by atoms with Crippen LogP contribution in [-0.2, 0) is 0 Å². The van der Waals surface area contributed by atoms with Crippen LogP contribution in [0.2, 0.25) is 0 Å². The minimum absolute atomic E-state index is 0.494. The number of nitrogens with one attached hydrogen (secondary N) is 1. The van der Waals surface area contributed by atoms with Crippen molar-refractivity contribution in [2.24, 2.45) is 5.92 Å². The minimum atomic E-state index is 0.494. The van der Waals surface area contributed by atoms with Gasteiger partial charge in [0.15, 0.2) is 0 Å². The van der Waals surface area contributed by atoms with E-state index in [1.165, 1.54) is 6.42 Å². The molecule has 0 fully saturated rings. The predicted octanol–water partition coefficient (Wildman–Crippen LogP) is 2.81. The van der Waals surface area contributed by atoms with Gasteiger partial charge in [0.1, 0.15) is 0 Å². The van der Waals surface area contributed by atoms with Gasteiger partial charge in [-0.2, -0.15) is 0 Å². The van der Waals surface area contributed by atoms with Gasteiger partial charge < -0.3 is 5.32 Å². The van der Waals surface area contributed by atoms with Gasteiger partial charge >= 0.3 is 0 Å². The predicted molar refractivity (Wildman–Crippen MR) is 59.6 cm³/mol. The Hall–Kier alpha value is -0.480. The summed E-state index contributed by atoms with van der Waals surface area (Å²) in [6.45, 7) is 8.93. The zero-order chi connectivity index (χ0) is 10.3. The largest absolute Gasteiger partial charge is 0.310 e. The summed E-state index contributed by atoms with van der Waals surface area (Å²) in [5, 5.41) is 3.58. The summed E-state index contributed by atoms with van der Waals surface area (Å²) in [6.07, 6.45) is 8.48. The van der Waals surface area contributed by atoms with Gasteiger partial charge in [-0.05, 0) is 19.3 Å². The van der Waals surface area contributed by atoms with Gasteiger partial charge in [0.2, 0.25) is 0 Å². The molecule has 0 spiro atoms. The number of hydrogen-bond donors (Lipinski definition) is 1. The van der Waals surface area contributed by atoms with Crippen LogP contribution in [0.25, 0.3) is 0 Å². The number of rotatable bonds is 6. The maximum Gasteiger partial charge on any atom is 0.0240 e. The SMILES string of the molecule is C#CCC(CC)NC(C)C(C)CC. The topological polar surface area (TPSA) is 12.0 Å². The van der Waals surface area contributed by atoms with Gasteiger partial charge in [0.05, 0.1) is 0 Å². The van der Waals surface area contributed by atoms with Gasteiger partial charge in [-0.3, -0.25) is 0 Å². The highest BCUT2D eigenvalue weighted by atomic mass is 14.9. The third-order valence-electron chi connectivity index (χ3n) is 2.85. The Morgan fingerprint density at radius 3 is 2.23 bits per heavy atom. The molecule has 0 radical (unpaired) electrons. The second-order valence-corrected chi connectivity index (χ2v) is 3.85. The number of hydrogen-bond acceptors (Lipinski definition) is 1. The van der Waals surface area contributed by atoms with Crippen molar-refractivity contribution < 1.29 is 0 Å². The van der Waals surface area contributed by atoms with Crippen molar-refractivity contribution in [2.45, 2.75) is 59.0 Å². The first-order chi connectivity index (χ1) is 6.15. The second-order valence-electron chi connectivity index (χ2n) is 3.85. The lowest BCUT2D eigenvalue weighted by atomic mass is 9.99. The summed E-state index contributed by atoms with van der Waals surface area (Å²) in [4.78, 5) is 0. The van der Waals surface area contributed by atoms with E-state index in [0.717, 1.165) is 18.8 Å². The van der Waals surface area contributed by atoms with Gasteiger partial charge in [-0.15, -0.1) is 12.3 Å². The molecule has 0 aromatic carbocycles. The Morgan fingerprint density at radius 2 is 1.85 bits per heavy atom. The van der Waals surface area contributed by atoms with Crippen LogP contribution in [0, 0.1) is 18.3 Å². The van der Waals surface area contributed by atoms with Crippen LogP contribution in [0.3, 0.4) is 0 Å². The highest BCUT2D eigenvalue weighted by Crippen LogP contribution is 2.09. The van der Waals surface area contributed by atoms with Crippen LogP contribution in [0.1, 0.15) is 47.0 Å². The molecule has 0 rings (SSSR count). The summed E-state index contributed by atoms with van der Waals surface area (Å²) >= 11 is 0. The van der Waals surface area contributed by atoms with E-state index in [0.29, 0.717) is 12.1 Å². The molecule has 0 saturated carbocycles. The lowest BCUT2D eigenvalue weighted by molar-refractivity contribution is 0.344. The van der Waals surface area contributed by atoms with Crippen molar-refractivity contribution in [3.05, 3.63) is 0 Å². The Labute approximate surface area is 83.3 Å². The van der Waals surface area contributed by atoms with Crippen molar-refractivity contribution in [1.29, 1.82) is 0 Å². The molecule has 0 aliphatic carbocycles. The van der Waals surface area contributed by atoms with Gasteiger partial charge in [-0.1, -0.05) is 27.2 Å². The van der Waals surface area contributed by atoms with Gasteiger partial charge in [-0.25, -0.2) is 0 Å². The molecule has 0 bridgehead atoms. The Bertz CT molecular complexity index is 157. The molecule has 1 nitrogen and oxygen atoms in total. The van der Waals surface area contributed by atoms with Crippen molar-refractivity contribution in [3.63, 3.8) is 0 Å². The van der Waals surface area contributed by atoms with Crippen LogP contribution < -0.4 is 5.32 Å². The average molecular weight is 181 g/mol. The molecule has 1 N–H and O–H groups in total. The molecule has 0 saturated heterocycles. The van der Waals surface area contributed by atoms with Crippen LogP contribution in [0.15, 0.2) is 0 Å². The van der Waals surface area contributed by atoms with E-state index < -0.39 is 0 Å². The van der Waals surface area contributed by atoms with Gasteiger partial charge in [0, 0.05) is 18.5 Å². The molecule has 0 amide bonds. The molecule has 0 aromatic rings. The van der Waals surface area contributed by atoms with Crippen molar-refractivity contribution in [3.8, 4) is 12.3 Å². The van der Waals surface area contributed by atoms with Crippen molar-refractivity contribution >= 4 is 0 Å². The van der Waals surface area contributed by atoms with Crippen LogP contribution >= 0.6 is 0 Å². The summed E-state index contributed by atoms with van der Waals surface area (Å²) in [5.41, 5.74) is 0. The highest BCUT2D eigenvalue weighted by molar-refractivity contribution is 4.90. The molecule has 3 atom stereocenters. The Balaban J connectivity index is 3.86. The van der Waals surface area contributed by atoms with Crippen molar-refractivity contribution in [2.75, 3.05) is 0 Å².